The fourth-order valence-electron chi connectivity index (χ4n) is 1.60. The van der Waals surface area contributed by atoms with E-state index in [0.717, 1.165) is 5.56 Å². The van der Waals surface area contributed by atoms with Crippen LogP contribution < -0.4 is 10.6 Å². The number of amides is 2. The molecule has 0 bridgehead atoms. The second-order valence-electron chi connectivity index (χ2n) is 4.81. The summed E-state index contributed by atoms with van der Waals surface area (Å²) in [6.45, 7) is 5.64. The number of pyridine rings is 1. The van der Waals surface area contributed by atoms with E-state index in [1.54, 1.807) is 12.3 Å². The zero-order valence-electron chi connectivity index (χ0n) is 11.3. The van der Waals surface area contributed by atoms with E-state index < -0.39 is 18.0 Å². The highest BCUT2D eigenvalue weighted by Gasteiger charge is 2.21. The Morgan fingerprint density at radius 2 is 2.11 bits per heavy atom. The van der Waals surface area contributed by atoms with Crippen LogP contribution in [0.25, 0.3) is 0 Å². The summed E-state index contributed by atoms with van der Waals surface area (Å²) in [6.07, 6.45) is 3.53. The van der Waals surface area contributed by atoms with Gasteiger partial charge < -0.3 is 15.7 Å². The largest absolute Gasteiger partial charge is 0.480 e. The van der Waals surface area contributed by atoms with Gasteiger partial charge in [-0.3, -0.25) is 4.98 Å². The number of nitrogens with zero attached hydrogens (tertiary/aromatic N) is 1. The first-order chi connectivity index (χ1) is 8.90. The van der Waals surface area contributed by atoms with E-state index in [4.69, 9.17) is 5.11 Å². The van der Waals surface area contributed by atoms with Crippen molar-refractivity contribution in [3.8, 4) is 0 Å². The van der Waals surface area contributed by atoms with Crippen molar-refractivity contribution in [1.82, 2.24) is 10.3 Å². The van der Waals surface area contributed by atoms with Crippen LogP contribution in [0.15, 0.2) is 18.5 Å². The summed E-state index contributed by atoms with van der Waals surface area (Å²) in [5.41, 5.74) is 1.43. The molecule has 19 heavy (non-hydrogen) atoms. The minimum atomic E-state index is -1.04. The molecule has 0 aliphatic carbocycles. The maximum Gasteiger partial charge on any atom is 0.326 e. The second kappa shape index (κ2) is 6.72. The van der Waals surface area contributed by atoms with Gasteiger partial charge in [-0.25, -0.2) is 9.59 Å². The molecule has 1 rings (SSSR count). The Balaban J connectivity index is 2.63. The summed E-state index contributed by atoms with van der Waals surface area (Å²) in [5.74, 6) is -0.853. The Bertz CT molecular complexity index is 460. The summed E-state index contributed by atoms with van der Waals surface area (Å²) in [6, 6.07) is 0.333. The molecule has 0 aliphatic heterocycles. The number of hydrogen-bond donors (Lipinski definition) is 3. The number of rotatable bonds is 5. The molecule has 1 heterocycles. The predicted molar refractivity (Wildman–Crippen MR) is 72.0 cm³/mol. The Labute approximate surface area is 112 Å². The number of hydrogen-bond acceptors (Lipinski definition) is 3. The maximum absolute atomic E-state index is 11.7. The minimum Gasteiger partial charge on any atom is -0.480 e. The van der Waals surface area contributed by atoms with Crippen molar-refractivity contribution in [2.75, 3.05) is 5.32 Å². The number of aliphatic carboxylic acids is 1. The number of nitrogens with one attached hydrogen (secondary N) is 2. The van der Waals surface area contributed by atoms with Gasteiger partial charge in [0.15, 0.2) is 0 Å². The van der Waals surface area contributed by atoms with Crippen molar-refractivity contribution >= 4 is 17.7 Å². The van der Waals surface area contributed by atoms with Crippen LogP contribution in [0.3, 0.4) is 0 Å². The van der Waals surface area contributed by atoms with Crippen LogP contribution in [0, 0.1) is 12.8 Å². The van der Waals surface area contributed by atoms with Gasteiger partial charge in [0, 0.05) is 6.20 Å². The Hall–Kier alpha value is -2.11. The molecular formula is C13H19N3O3. The third-order valence-corrected chi connectivity index (χ3v) is 2.60. The SMILES string of the molecule is Cc1ccncc1NC(=O)N[C@H](CC(C)C)C(=O)O. The van der Waals surface area contributed by atoms with E-state index in [2.05, 4.69) is 15.6 Å². The molecule has 0 saturated carbocycles. The first-order valence-corrected chi connectivity index (χ1v) is 6.11. The van der Waals surface area contributed by atoms with Crippen LogP contribution in [0.4, 0.5) is 10.5 Å². The first kappa shape index (κ1) is 14.9. The molecule has 0 unspecified atom stereocenters. The van der Waals surface area contributed by atoms with Gasteiger partial charge in [0.2, 0.25) is 0 Å². The summed E-state index contributed by atoms with van der Waals surface area (Å²) in [7, 11) is 0. The third kappa shape index (κ3) is 4.95. The summed E-state index contributed by atoms with van der Waals surface area (Å²) in [4.78, 5) is 26.7. The van der Waals surface area contributed by atoms with Crippen LogP contribution in [0.1, 0.15) is 25.8 Å². The first-order valence-electron chi connectivity index (χ1n) is 6.11. The molecule has 0 radical (unpaired) electrons. The fraction of sp³-hybridized carbons (Fsp3) is 0.462. The lowest BCUT2D eigenvalue weighted by atomic mass is 10.0. The highest BCUT2D eigenvalue weighted by Crippen LogP contribution is 2.11. The molecule has 104 valence electrons. The van der Waals surface area contributed by atoms with Crippen molar-refractivity contribution in [2.24, 2.45) is 5.92 Å². The number of carbonyl (C=O) groups is 2. The van der Waals surface area contributed by atoms with Crippen molar-refractivity contribution in [1.29, 1.82) is 0 Å². The van der Waals surface area contributed by atoms with Gasteiger partial charge in [-0.15, -0.1) is 0 Å². The van der Waals surface area contributed by atoms with E-state index in [1.807, 2.05) is 20.8 Å². The van der Waals surface area contributed by atoms with E-state index >= 15 is 0 Å². The van der Waals surface area contributed by atoms with Gasteiger partial charge in [-0.2, -0.15) is 0 Å². The van der Waals surface area contributed by atoms with Crippen LogP contribution in [-0.2, 0) is 4.79 Å². The Kier molecular flexibility index (Phi) is 5.29. The average molecular weight is 265 g/mol. The molecule has 0 fully saturated rings. The number of carboxylic acids is 1. The third-order valence-electron chi connectivity index (χ3n) is 2.60. The summed E-state index contributed by atoms with van der Waals surface area (Å²) in [5, 5.41) is 14.1. The summed E-state index contributed by atoms with van der Waals surface area (Å²) < 4.78 is 0. The molecule has 1 atom stereocenters. The average Bonchev–Trinajstić information content (AvgIpc) is 2.30. The number of aromatic nitrogens is 1. The van der Waals surface area contributed by atoms with Crippen LogP contribution in [-0.4, -0.2) is 28.1 Å². The van der Waals surface area contributed by atoms with Gasteiger partial charge in [0.25, 0.3) is 0 Å². The molecule has 3 N–H and O–H groups in total. The van der Waals surface area contributed by atoms with E-state index in [0.29, 0.717) is 12.1 Å². The molecule has 0 saturated heterocycles. The van der Waals surface area contributed by atoms with Crippen molar-refractivity contribution < 1.29 is 14.7 Å². The smallest absolute Gasteiger partial charge is 0.326 e. The fourth-order valence-corrected chi connectivity index (χ4v) is 1.60. The lowest BCUT2D eigenvalue weighted by Crippen LogP contribution is -2.43. The zero-order valence-corrected chi connectivity index (χ0v) is 11.3. The van der Waals surface area contributed by atoms with Gasteiger partial charge in [0.05, 0.1) is 11.9 Å². The molecular weight excluding hydrogens is 246 g/mol. The lowest BCUT2D eigenvalue weighted by Gasteiger charge is -2.17. The second-order valence-corrected chi connectivity index (χ2v) is 4.81. The molecule has 1 aromatic rings. The number of urea groups is 1. The number of carbonyl (C=O) groups excluding carboxylic acids is 1. The Morgan fingerprint density at radius 3 is 2.63 bits per heavy atom. The molecule has 0 aliphatic rings. The standard InChI is InChI=1S/C13H19N3O3/c1-8(2)6-10(12(17)18)15-13(19)16-11-7-14-5-4-9(11)3/h4-5,7-8,10H,6H2,1-3H3,(H,17,18)(H2,15,16,19)/t10-/m1/s1. The minimum absolute atomic E-state index is 0.182. The van der Waals surface area contributed by atoms with Crippen molar-refractivity contribution in [3.63, 3.8) is 0 Å². The summed E-state index contributed by atoms with van der Waals surface area (Å²) >= 11 is 0. The number of anilines is 1. The topological polar surface area (TPSA) is 91.3 Å². The van der Waals surface area contributed by atoms with Crippen LogP contribution in [0.5, 0.6) is 0 Å². The normalized spacial score (nSPS) is 12.0. The molecule has 6 heteroatoms. The number of aryl methyl sites for hydroxylation is 1. The zero-order chi connectivity index (χ0) is 14.4. The highest BCUT2D eigenvalue weighted by molar-refractivity contribution is 5.92. The van der Waals surface area contributed by atoms with Crippen molar-refractivity contribution in [3.05, 3.63) is 24.0 Å². The van der Waals surface area contributed by atoms with Crippen LogP contribution >= 0.6 is 0 Å². The van der Waals surface area contributed by atoms with Crippen LogP contribution in [0.2, 0.25) is 0 Å². The maximum atomic E-state index is 11.7. The van der Waals surface area contributed by atoms with E-state index in [9.17, 15) is 9.59 Å². The van der Waals surface area contributed by atoms with E-state index in [1.165, 1.54) is 6.20 Å². The Morgan fingerprint density at radius 1 is 1.42 bits per heavy atom. The van der Waals surface area contributed by atoms with Gasteiger partial charge in [-0.05, 0) is 30.9 Å². The number of carboxylic acid groups (broad SMARTS) is 1. The van der Waals surface area contributed by atoms with Gasteiger partial charge in [0.1, 0.15) is 6.04 Å². The van der Waals surface area contributed by atoms with Gasteiger partial charge in [-0.1, -0.05) is 13.8 Å². The predicted octanol–water partition coefficient (Wildman–Crippen LogP) is 2.01. The molecule has 1 aromatic heterocycles. The molecule has 0 spiro atoms. The molecule has 2 amide bonds. The van der Waals surface area contributed by atoms with Gasteiger partial charge >= 0.3 is 12.0 Å². The lowest BCUT2D eigenvalue weighted by molar-refractivity contribution is -0.139. The van der Waals surface area contributed by atoms with Crippen molar-refractivity contribution in [2.45, 2.75) is 33.2 Å². The monoisotopic (exact) mass is 265 g/mol. The quantitative estimate of drug-likeness (QED) is 0.759. The highest BCUT2D eigenvalue weighted by atomic mass is 16.4. The van der Waals surface area contributed by atoms with E-state index in [-0.39, 0.29) is 5.92 Å². The molecule has 0 aromatic carbocycles. The molecule has 6 nitrogen and oxygen atoms in total.